The zero-order valence-corrected chi connectivity index (χ0v) is 6.73. The van der Waals surface area contributed by atoms with Crippen molar-refractivity contribution >= 4 is 17.3 Å². The highest BCUT2D eigenvalue weighted by molar-refractivity contribution is 7.03. The molecule has 0 atom stereocenters. The minimum atomic E-state index is 0.200. The van der Waals surface area contributed by atoms with Crippen molar-refractivity contribution in [2.24, 2.45) is 5.92 Å². The third-order valence-corrected chi connectivity index (χ3v) is 2.46. The molecule has 11 heavy (non-hydrogen) atoms. The molecule has 1 saturated heterocycles. The lowest BCUT2D eigenvalue weighted by Gasteiger charge is -2.24. The monoisotopic (exact) mass is 168 g/mol. The van der Waals surface area contributed by atoms with Gasteiger partial charge < -0.3 is 5.32 Å². The molecule has 0 amide bonds. The van der Waals surface area contributed by atoms with Gasteiger partial charge in [0.1, 0.15) is 0 Å². The lowest BCUT2D eigenvalue weighted by Crippen LogP contribution is -2.46. The van der Waals surface area contributed by atoms with Gasteiger partial charge in [-0.25, -0.2) is 4.37 Å². The van der Waals surface area contributed by atoms with Crippen LogP contribution in [0.5, 0.6) is 0 Å². The third-order valence-electron chi connectivity index (χ3n) is 1.87. The van der Waals surface area contributed by atoms with E-state index < -0.39 is 0 Å². The van der Waals surface area contributed by atoms with Crippen molar-refractivity contribution in [3.63, 3.8) is 0 Å². The molecule has 2 rings (SSSR count). The highest BCUT2D eigenvalue weighted by Gasteiger charge is 2.26. The van der Waals surface area contributed by atoms with Gasteiger partial charge in [0.15, 0.2) is 5.78 Å². The highest BCUT2D eigenvalue weighted by Crippen LogP contribution is 2.13. The lowest BCUT2D eigenvalue weighted by molar-refractivity contribution is 0.0878. The average Bonchev–Trinajstić information content (AvgIpc) is 2.32. The smallest absolute Gasteiger partial charge is 0.170 e. The number of carbonyl (C=O) groups is 1. The van der Waals surface area contributed by atoms with E-state index in [-0.39, 0.29) is 11.7 Å². The van der Waals surface area contributed by atoms with Crippen LogP contribution in [0.15, 0.2) is 11.6 Å². The van der Waals surface area contributed by atoms with E-state index in [1.165, 1.54) is 11.5 Å². The van der Waals surface area contributed by atoms with Crippen LogP contribution in [0, 0.1) is 5.92 Å². The van der Waals surface area contributed by atoms with Gasteiger partial charge in [-0.2, -0.15) is 0 Å². The Hall–Kier alpha value is -0.740. The van der Waals surface area contributed by atoms with E-state index in [1.54, 1.807) is 11.6 Å². The molecule has 1 aliphatic rings. The molecule has 0 aliphatic carbocycles. The molecular weight excluding hydrogens is 160 g/mol. The van der Waals surface area contributed by atoms with Gasteiger partial charge in [-0.1, -0.05) is 0 Å². The number of aromatic nitrogens is 1. The Morgan fingerprint density at radius 1 is 1.73 bits per heavy atom. The maximum Gasteiger partial charge on any atom is 0.170 e. The summed E-state index contributed by atoms with van der Waals surface area (Å²) in [5, 5.41) is 4.87. The van der Waals surface area contributed by atoms with Crippen LogP contribution >= 0.6 is 11.5 Å². The van der Waals surface area contributed by atoms with E-state index in [4.69, 9.17) is 0 Å². The Kier molecular flexibility index (Phi) is 1.71. The molecule has 1 N–H and O–H groups in total. The predicted molar refractivity (Wildman–Crippen MR) is 42.8 cm³/mol. The number of ketones is 1. The van der Waals surface area contributed by atoms with Gasteiger partial charge in [-0.05, 0) is 11.5 Å². The van der Waals surface area contributed by atoms with Crippen LogP contribution in [0.3, 0.4) is 0 Å². The summed E-state index contributed by atoms with van der Waals surface area (Å²) in [4.78, 5) is 11.4. The second kappa shape index (κ2) is 2.71. The molecule has 0 unspecified atom stereocenters. The summed E-state index contributed by atoms with van der Waals surface area (Å²) < 4.78 is 3.88. The van der Waals surface area contributed by atoms with E-state index in [2.05, 4.69) is 9.69 Å². The van der Waals surface area contributed by atoms with Crippen LogP contribution in [0.25, 0.3) is 0 Å². The lowest BCUT2D eigenvalue weighted by atomic mass is 9.95. The van der Waals surface area contributed by atoms with Crippen molar-refractivity contribution in [2.75, 3.05) is 13.1 Å². The Morgan fingerprint density at radius 2 is 2.55 bits per heavy atom. The van der Waals surface area contributed by atoms with E-state index in [0.717, 1.165) is 18.7 Å². The number of nitrogens with one attached hydrogen (secondary N) is 1. The van der Waals surface area contributed by atoms with Gasteiger partial charge >= 0.3 is 0 Å². The number of carbonyl (C=O) groups excluding carboxylic acids is 1. The first-order valence-electron chi connectivity index (χ1n) is 3.52. The molecule has 0 radical (unpaired) electrons. The number of rotatable bonds is 2. The summed E-state index contributed by atoms with van der Waals surface area (Å²) in [6.07, 6.45) is 1.64. The van der Waals surface area contributed by atoms with E-state index >= 15 is 0 Å². The van der Waals surface area contributed by atoms with Gasteiger partial charge in [0.25, 0.3) is 0 Å². The van der Waals surface area contributed by atoms with E-state index in [9.17, 15) is 4.79 Å². The number of hydrogen-bond acceptors (Lipinski definition) is 4. The van der Waals surface area contributed by atoms with Crippen LogP contribution in [-0.4, -0.2) is 23.2 Å². The summed E-state index contributed by atoms with van der Waals surface area (Å²) >= 11 is 1.33. The highest BCUT2D eigenvalue weighted by atomic mass is 32.1. The van der Waals surface area contributed by atoms with Crippen molar-refractivity contribution in [1.82, 2.24) is 9.69 Å². The summed E-state index contributed by atoms with van der Waals surface area (Å²) in [5.74, 6) is 0.434. The number of hydrogen-bond donors (Lipinski definition) is 1. The first-order chi connectivity index (χ1) is 5.38. The molecule has 4 heteroatoms. The Balaban J connectivity index is 2.10. The quantitative estimate of drug-likeness (QED) is 0.655. The normalized spacial score (nSPS) is 17.8. The van der Waals surface area contributed by atoms with E-state index in [1.807, 2.05) is 0 Å². The summed E-state index contributed by atoms with van der Waals surface area (Å²) in [6.45, 7) is 1.66. The van der Waals surface area contributed by atoms with Gasteiger partial charge in [0.2, 0.25) is 0 Å². The summed E-state index contributed by atoms with van der Waals surface area (Å²) in [6, 6.07) is 0. The molecule has 1 aliphatic heterocycles. The zero-order valence-electron chi connectivity index (χ0n) is 5.91. The van der Waals surface area contributed by atoms with Crippen molar-refractivity contribution in [3.8, 4) is 0 Å². The van der Waals surface area contributed by atoms with Crippen molar-refractivity contribution < 1.29 is 4.79 Å². The molecule has 1 aromatic rings. The molecule has 1 fully saturated rings. The van der Waals surface area contributed by atoms with Gasteiger partial charge in [-0.15, -0.1) is 0 Å². The third kappa shape index (κ3) is 1.19. The minimum absolute atomic E-state index is 0.200. The van der Waals surface area contributed by atoms with Gasteiger partial charge in [0.05, 0.1) is 6.20 Å². The molecule has 1 aromatic heterocycles. The molecular formula is C7H8N2OS. The first-order valence-corrected chi connectivity index (χ1v) is 4.36. The fourth-order valence-corrected chi connectivity index (χ4v) is 1.56. The first kappa shape index (κ1) is 6.94. The van der Waals surface area contributed by atoms with Crippen molar-refractivity contribution in [2.45, 2.75) is 0 Å². The summed E-state index contributed by atoms with van der Waals surface area (Å²) in [7, 11) is 0. The summed E-state index contributed by atoms with van der Waals surface area (Å²) in [5.41, 5.74) is 0.765. The zero-order chi connectivity index (χ0) is 7.68. The number of Topliss-reactive ketones (excluding diaryl/α,β-unsaturated/α-hetero) is 1. The maximum absolute atomic E-state index is 11.4. The molecule has 0 saturated carbocycles. The van der Waals surface area contributed by atoms with Crippen molar-refractivity contribution in [1.29, 1.82) is 0 Å². The minimum Gasteiger partial charge on any atom is -0.315 e. The number of nitrogens with zero attached hydrogens (tertiary/aromatic N) is 1. The van der Waals surface area contributed by atoms with Crippen LogP contribution in [0.1, 0.15) is 10.4 Å². The predicted octanol–water partition coefficient (Wildman–Crippen LogP) is 0.545. The maximum atomic E-state index is 11.4. The van der Waals surface area contributed by atoms with Crippen LogP contribution in [-0.2, 0) is 0 Å². The van der Waals surface area contributed by atoms with Crippen molar-refractivity contribution in [3.05, 3.63) is 17.1 Å². The van der Waals surface area contributed by atoms with Gasteiger partial charge in [-0.3, -0.25) is 4.79 Å². The van der Waals surface area contributed by atoms with Crippen LogP contribution in [0.2, 0.25) is 0 Å². The second-order valence-electron chi connectivity index (χ2n) is 2.63. The Bertz CT molecular complexity index is 253. The molecule has 3 nitrogen and oxygen atoms in total. The topological polar surface area (TPSA) is 42.0 Å². The average molecular weight is 168 g/mol. The Labute approximate surface area is 68.6 Å². The molecule has 0 spiro atoms. The molecule has 0 aromatic carbocycles. The largest absolute Gasteiger partial charge is 0.315 e. The van der Waals surface area contributed by atoms with Crippen LogP contribution in [0.4, 0.5) is 0 Å². The standard InChI is InChI=1S/C7H8N2OS/c10-7(5-1-8-2-5)6-3-9-11-4-6/h3-5,8H,1-2H2. The molecule has 58 valence electrons. The SMILES string of the molecule is O=C(c1cnsc1)C1CNC1. The fraction of sp³-hybridized carbons (Fsp3) is 0.429. The Morgan fingerprint density at radius 3 is 3.00 bits per heavy atom. The molecule has 0 bridgehead atoms. The second-order valence-corrected chi connectivity index (χ2v) is 3.29. The van der Waals surface area contributed by atoms with E-state index in [0.29, 0.717) is 0 Å². The van der Waals surface area contributed by atoms with Crippen LogP contribution < -0.4 is 5.32 Å². The fourth-order valence-electron chi connectivity index (χ4n) is 1.04. The van der Waals surface area contributed by atoms with Gasteiger partial charge in [0, 0.05) is 30.0 Å². The molecule has 2 heterocycles.